The molecule has 0 aliphatic rings. The van der Waals surface area contributed by atoms with Crippen molar-refractivity contribution < 1.29 is 9.53 Å². The van der Waals surface area contributed by atoms with Gasteiger partial charge in [0.25, 0.3) is 0 Å². The highest BCUT2D eigenvalue weighted by molar-refractivity contribution is 7.99. The van der Waals surface area contributed by atoms with Crippen LogP contribution < -0.4 is 0 Å². The number of nitriles is 1. The Hall–Kier alpha value is -1.75. The molecule has 0 spiro atoms. The molecule has 0 aliphatic carbocycles. The van der Waals surface area contributed by atoms with Crippen LogP contribution in [0.1, 0.15) is 13.8 Å². The number of esters is 1. The summed E-state index contributed by atoms with van der Waals surface area (Å²) in [5.74, 6) is 0.525. The van der Waals surface area contributed by atoms with Crippen molar-refractivity contribution >= 4 is 40.9 Å². The van der Waals surface area contributed by atoms with Gasteiger partial charge in [-0.25, -0.2) is 0 Å². The van der Waals surface area contributed by atoms with Crippen molar-refractivity contribution in [3.8, 4) is 17.5 Å². The second kappa shape index (κ2) is 9.09. The van der Waals surface area contributed by atoms with Gasteiger partial charge in [-0.15, -0.1) is 10.2 Å². The lowest BCUT2D eigenvalue weighted by Crippen LogP contribution is -2.11. The maximum atomic E-state index is 11.6. The van der Waals surface area contributed by atoms with Crippen molar-refractivity contribution in [2.45, 2.75) is 25.5 Å². The third kappa shape index (κ3) is 5.36. The van der Waals surface area contributed by atoms with Gasteiger partial charge in [0.15, 0.2) is 17.6 Å². The molecule has 6 nitrogen and oxygen atoms in total. The number of carbonyl (C=O) groups is 1. The van der Waals surface area contributed by atoms with Gasteiger partial charge in [0, 0.05) is 17.1 Å². The highest BCUT2D eigenvalue weighted by atomic mass is 35.5. The van der Waals surface area contributed by atoms with E-state index in [4.69, 9.17) is 33.2 Å². The van der Waals surface area contributed by atoms with Gasteiger partial charge in [0.05, 0.1) is 10.8 Å². The summed E-state index contributed by atoms with van der Waals surface area (Å²) in [6, 6.07) is 6.94. The zero-order valence-electron chi connectivity index (χ0n) is 13.7. The number of nitrogens with zero attached hydrogens (tertiary/aromatic N) is 4. The van der Waals surface area contributed by atoms with E-state index in [-0.39, 0.29) is 12.4 Å². The van der Waals surface area contributed by atoms with Crippen molar-refractivity contribution in [3.05, 3.63) is 28.2 Å². The molecule has 0 saturated carbocycles. The van der Waals surface area contributed by atoms with E-state index in [9.17, 15) is 4.79 Å². The van der Waals surface area contributed by atoms with Crippen molar-refractivity contribution in [2.75, 3.05) is 12.4 Å². The smallest absolute Gasteiger partial charge is 0.317 e. The van der Waals surface area contributed by atoms with E-state index < -0.39 is 5.97 Å². The molecule has 0 fully saturated rings. The number of halogens is 2. The number of benzene rings is 1. The summed E-state index contributed by atoms with van der Waals surface area (Å²) in [6.07, 6.45) is 0. The largest absolute Gasteiger partial charge is 0.450 e. The molecule has 0 aliphatic heterocycles. The lowest BCUT2D eigenvalue weighted by molar-refractivity contribution is -0.139. The molecule has 1 heterocycles. The minimum atomic E-state index is -0.475. The number of ether oxygens (including phenoxy) is 1. The third-order valence-electron chi connectivity index (χ3n) is 3.05. The monoisotopic (exact) mass is 398 g/mol. The van der Waals surface area contributed by atoms with Crippen LogP contribution in [0.3, 0.4) is 0 Å². The minimum absolute atomic E-state index is 0.0479. The summed E-state index contributed by atoms with van der Waals surface area (Å²) in [5.41, 5.74) is 0.720. The standard InChI is InChI=1S/C16H16Cl2N4O2S/c1-10(2)8-22-15(12-4-3-11(17)7-13(12)18)20-21-16(22)25-9-14(23)24-6-5-19/h3-4,7,10H,6,8-9H2,1-2H3. The van der Waals surface area contributed by atoms with Crippen LogP contribution in [0.2, 0.25) is 10.0 Å². The number of thioether (sulfide) groups is 1. The highest BCUT2D eigenvalue weighted by Crippen LogP contribution is 2.32. The highest BCUT2D eigenvalue weighted by Gasteiger charge is 2.18. The van der Waals surface area contributed by atoms with Crippen molar-refractivity contribution in [3.63, 3.8) is 0 Å². The molecule has 9 heteroatoms. The van der Waals surface area contributed by atoms with Crippen LogP contribution in [0.5, 0.6) is 0 Å². The van der Waals surface area contributed by atoms with E-state index in [0.29, 0.717) is 33.5 Å². The molecule has 1 aromatic heterocycles. The average molecular weight is 399 g/mol. The van der Waals surface area contributed by atoms with Crippen LogP contribution in [0, 0.1) is 17.2 Å². The first-order valence-corrected chi connectivity index (χ1v) is 9.20. The van der Waals surface area contributed by atoms with E-state index in [1.54, 1.807) is 24.3 Å². The first-order chi connectivity index (χ1) is 11.9. The molecule has 2 aromatic rings. The van der Waals surface area contributed by atoms with Crippen LogP contribution >= 0.6 is 35.0 Å². The molecule has 0 saturated heterocycles. The van der Waals surface area contributed by atoms with Crippen LogP contribution in [0.25, 0.3) is 11.4 Å². The molecule has 0 radical (unpaired) electrons. The summed E-state index contributed by atoms with van der Waals surface area (Å²) in [5, 5.41) is 18.4. The van der Waals surface area contributed by atoms with Gasteiger partial charge >= 0.3 is 5.97 Å². The Kier molecular flexibility index (Phi) is 7.12. The lowest BCUT2D eigenvalue weighted by Gasteiger charge is -2.13. The molecule has 132 valence electrons. The zero-order valence-corrected chi connectivity index (χ0v) is 16.0. The molecule has 25 heavy (non-hydrogen) atoms. The maximum absolute atomic E-state index is 11.6. The normalized spacial score (nSPS) is 10.7. The fourth-order valence-corrected chi connectivity index (χ4v) is 3.31. The van der Waals surface area contributed by atoms with Crippen molar-refractivity contribution in [1.29, 1.82) is 5.26 Å². The van der Waals surface area contributed by atoms with Gasteiger partial charge in [-0.1, -0.05) is 48.8 Å². The quantitative estimate of drug-likeness (QED) is 0.516. The molecular weight excluding hydrogens is 383 g/mol. The molecule has 0 atom stereocenters. The zero-order chi connectivity index (χ0) is 18.4. The topological polar surface area (TPSA) is 80.8 Å². The summed E-state index contributed by atoms with van der Waals surface area (Å²) in [4.78, 5) is 11.6. The third-order valence-corrected chi connectivity index (χ3v) is 4.54. The first-order valence-electron chi connectivity index (χ1n) is 7.46. The molecule has 2 rings (SSSR count). The SMILES string of the molecule is CC(C)Cn1c(SCC(=O)OCC#N)nnc1-c1ccc(Cl)cc1Cl. The number of hydrogen-bond acceptors (Lipinski definition) is 6. The first kappa shape index (κ1) is 19.6. The number of hydrogen-bond donors (Lipinski definition) is 0. The molecular formula is C16H16Cl2N4O2S. The average Bonchev–Trinajstić information content (AvgIpc) is 2.93. The predicted molar refractivity (Wildman–Crippen MR) is 97.6 cm³/mol. The van der Waals surface area contributed by atoms with E-state index >= 15 is 0 Å². The second-order valence-electron chi connectivity index (χ2n) is 5.54. The molecule has 0 unspecified atom stereocenters. The van der Waals surface area contributed by atoms with E-state index in [1.165, 1.54) is 11.8 Å². The van der Waals surface area contributed by atoms with E-state index in [0.717, 1.165) is 5.56 Å². The van der Waals surface area contributed by atoms with Crippen LogP contribution in [-0.2, 0) is 16.1 Å². The Morgan fingerprint density at radius 1 is 1.40 bits per heavy atom. The number of aromatic nitrogens is 3. The molecule has 0 amide bonds. The number of carbonyl (C=O) groups excluding carboxylic acids is 1. The summed E-state index contributed by atoms with van der Waals surface area (Å²) < 4.78 is 6.66. The lowest BCUT2D eigenvalue weighted by atomic mass is 10.2. The molecule has 1 aromatic carbocycles. The fourth-order valence-electron chi connectivity index (χ4n) is 2.07. The second-order valence-corrected chi connectivity index (χ2v) is 7.33. The van der Waals surface area contributed by atoms with E-state index in [2.05, 4.69) is 24.0 Å². The summed E-state index contributed by atoms with van der Waals surface area (Å²) >= 11 is 13.5. The van der Waals surface area contributed by atoms with Crippen LogP contribution in [0.4, 0.5) is 0 Å². The van der Waals surface area contributed by atoms with Crippen molar-refractivity contribution in [1.82, 2.24) is 14.8 Å². The van der Waals surface area contributed by atoms with Gasteiger partial charge in [0.2, 0.25) is 0 Å². The maximum Gasteiger partial charge on any atom is 0.317 e. The molecule has 0 bridgehead atoms. The van der Waals surface area contributed by atoms with E-state index in [1.807, 2.05) is 4.57 Å². The predicted octanol–water partition coefficient (Wildman–Crippen LogP) is 4.07. The number of rotatable bonds is 7. The summed E-state index contributed by atoms with van der Waals surface area (Å²) in [7, 11) is 0. The Balaban J connectivity index is 2.28. The minimum Gasteiger partial charge on any atom is -0.450 e. The van der Waals surface area contributed by atoms with Gasteiger partial charge in [-0.3, -0.25) is 4.79 Å². The Morgan fingerprint density at radius 2 is 2.16 bits per heavy atom. The fraction of sp³-hybridized carbons (Fsp3) is 0.375. The Morgan fingerprint density at radius 3 is 2.80 bits per heavy atom. The van der Waals surface area contributed by atoms with Crippen LogP contribution in [0.15, 0.2) is 23.4 Å². The Labute approximate surface area is 160 Å². The van der Waals surface area contributed by atoms with Gasteiger partial charge in [0.1, 0.15) is 6.07 Å². The van der Waals surface area contributed by atoms with Crippen LogP contribution in [-0.4, -0.2) is 33.1 Å². The van der Waals surface area contributed by atoms with Gasteiger partial charge in [-0.05, 0) is 24.1 Å². The van der Waals surface area contributed by atoms with Gasteiger partial charge in [-0.2, -0.15) is 5.26 Å². The summed E-state index contributed by atoms with van der Waals surface area (Å²) in [6.45, 7) is 4.55. The molecule has 0 N–H and O–H groups in total. The Bertz CT molecular complexity index is 802. The van der Waals surface area contributed by atoms with Crippen molar-refractivity contribution in [2.24, 2.45) is 5.92 Å². The van der Waals surface area contributed by atoms with Gasteiger partial charge < -0.3 is 9.30 Å².